The fourth-order valence-corrected chi connectivity index (χ4v) is 5.10. The summed E-state index contributed by atoms with van der Waals surface area (Å²) < 4.78 is 12.8. The highest BCUT2D eigenvalue weighted by molar-refractivity contribution is 7.99. The first-order chi connectivity index (χ1) is 16.2. The van der Waals surface area contributed by atoms with E-state index in [1.165, 1.54) is 30.2 Å². The molecular weight excluding hydrogens is 472 g/mol. The van der Waals surface area contributed by atoms with E-state index in [0.717, 1.165) is 21.8 Å². The molecule has 0 aliphatic carbocycles. The number of nitrogens with one attached hydrogen (secondary N) is 1. The zero-order valence-corrected chi connectivity index (χ0v) is 21.5. The standard InChI is InChI=1S/C24H28N4O4S2/c1-7-8-28-21(17(5)32-18-10-14(2)9-15(3)11-18)26-27-24(28)33-13-20(29)25-22-19(23(30)31-6)12-16(4)34-22/h7,9-12,17H,1,8,13H2,2-6H3,(H,25,29). The number of aromatic nitrogens is 3. The van der Waals surface area contributed by atoms with E-state index >= 15 is 0 Å². The number of carbonyl (C=O) groups excluding carboxylic acids is 2. The van der Waals surface area contributed by atoms with Gasteiger partial charge in [0.2, 0.25) is 5.91 Å². The van der Waals surface area contributed by atoms with Crippen LogP contribution in [0.2, 0.25) is 0 Å². The van der Waals surface area contributed by atoms with E-state index in [4.69, 9.17) is 9.47 Å². The summed E-state index contributed by atoms with van der Waals surface area (Å²) in [6.07, 6.45) is 1.39. The van der Waals surface area contributed by atoms with Crippen molar-refractivity contribution in [1.82, 2.24) is 14.8 Å². The Morgan fingerprint density at radius 2 is 1.91 bits per heavy atom. The summed E-state index contributed by atoms with van der Waals surface area (Å²) in [7, 11) is 1.31. The number of anilines is 1. The van der Waals surface area contributed by atoms with Crippen molar-refractivity contribution in [2.75, 3.05) is 18.2 Å². The summed E-state index contributed by atoms with van der Waals surface area (Å²) in [6.45, 7) is 12.1. The summed E-state index contributed by atoms with van der Waals surface area (Å²) in [5.41, 5.74) is 2.58. The van der Waals surface area contributed by atoms with Crippen LogP contribution in [0, 0.1) is 20.8 Å². The average molecular weight is 501 g/mol. The van der Waals surface area contributed by atoms with Gasteiger partial charge in [0.25, 0.3) is 0 Å². The second-order valence-corrected chi connectivity index (χ2v) is 9.95. The van der Waals surface area contributed by atoms with Gasteiger partial charge < -0.3 is 14.8 Å². The van der Waals surface area contributed by atoms with Gasteiger partial charge in [-0.15, -0.1) is 28.1 Å². The molecule has 0 bridgehead atoms. The first kappa shape index (κ1) is 25.5. The van der Waals surface area contributed by atoms with Gasteiger partial charge in [-0.3, -0.25) is 9.36 Å². The molecule has 0 radical (unpaired) electrons. The van der Waals surface area contributed by atoms with Crippen molar-refractivity contribution >= 4 is 40.0 Å². The van der Waals surface area contributed by atoms with Gasteiger partial charge in [-0.1, -0.05) is 23.9 Å². The average Bonchev–Trinajstić information content (AvgIpc) is 3.34. The molecule has 1 aromatic carbocycles. The first-order valence-corrected chi connectivity index (χ1v) is 12.4. The van der Waals surface area contributed by atoms with Gasteiger partial charge >= 0.3 is 5.97 Å². The van der Waals surface area contributed by atoms with Crippen molar-refractivity contribution in [3.63, 3.8) is 0 Å². The van der Waals surface area contributed by atoms with Crippen molar-refractivity contribution < 1.29 is 19.1 Å². The molecule has 0 aliphatic heterocycles. The highest BCUT2D eigenvalue weighted by atomic mass is 32.2. The number of nitrogens with zero attached hydrogens (tertiary/aromatic N) is 3. The van der Waals surface area contributed by atoms with E-state index in [9.17, 15) is 9.59 Å². The number of ether oxygens (including phenoxy) is 2. The number of rotatable bonds is 10. The van der Waals surface area contributed by atoms with Crippen LogP contribution in [0.15, 0.2) is 42.1 Å². The molecule has 0 saturated heterocycles. The number of carbonyl (C=O) groups is 2. The van der Waals surface area contributed by atoms with Gasteiger partial charge in [-0.2, -0.15) is 0 Å². The molecule has 0 saturated carbocycles. The van der Waals surface area contributed by atoms with Crippen LogP contribution in [0.3, 0.4) is 0 Å². The Balaban J connectivity index is 1.70. The van der Waals surface area contributed by atoms with Gasteiger partial charge in [0.15, 0.2) is 17.1 Å². The van der Waals surface area contributed by atoms with E-state index < -0.39 is 5.97 Å². The summed E-state index contributed by atoms with van der Waals surface area (Å²) in [5, 5.41) is 12.4. The monoisotopic (exact) mass is 500 g/mol. The molecule has 1 unspecified atom stereocenters. The third kappa shape index (κ3) is 6.27. The highest BCUT2D eigenvalue weighted by Crippen LogP contribution is 2.29. The van der Waals surface area contributed by atoms with Crippen molar-refractivity contribution in [2.24, 2.45) is 0 Å². The number of hydrogen-bond acceptors (Lipinski definition) is 8. The third-order valence-electron chi connectivity index (χ3n) is 4.77. The van der Waals surface area contributed by atoms with E-state index in [1.807, 2.05) is 44.4 Å². The second kappa shape index (κ2) is 11.3. The number of amides is 1. The van der Waals surface area contributed by atoms with Crippen LogP contribution in [-0.4, -0.2) is 39.5 Å². The molecule has 0 aliphatic rings. The Labute approximate surface area is 207 Å². The fourth-order valence-electron chi connectivity index (χ4n) is 3.43. The number of thiophene rings is 1. The largest absolute Gasteiger partial charge is 0.483 e. The summed E-state index contributed by atoms with van der Waals surface area (Å²) >= 11 is 2.58. The SMILES string of the molecule is C=CCn1c(SCC(=O)Nc2sc(C)cc2C(=O)OC)nnc1C(C)Oc1cc(C)cc(C)c1. The Kier molecular flexibility index (Phi) is 8.51. The Hall–Kier alpha value is -3.11. The molecule has 10 heteroatoms. The molecule has 0 fully saturated rings. The van der Waals surface area contributed by atoms with Crippen molar-refractivity contribution in [3.8, 4) is 5.75 Å². The molecule has 3 aromatic rings. The maximum atomic E-state index is 12.6. The van der Waals surface area contributed by atoms with Gasteiger partial charge in [0.05, 0.1) is 18.4 Å². The lowest BCUT2D eigenvalue weighted by Crippen LogP contribution is -2.16. The van der Waals surface area contributed by atoms with Crippen LogP contribution in [0.5, 0.6) is 5.75 Å². The lowest BCUT2D eigenvalue weighted by Gasteiger charge is -2.16. The second-order valence-electron chi connectivity index (χ2n) is 7.75. The Bertz CT molecular complexity index is 1180. The lowest BCUT2D eigenvalue weighted by molar-refractivity contribution is -0.113. The summed E-state index contributed by atoms with van der Waals surface area (Å²) in [4.78, 5) is 25.4. The third-order valence-corrected chi connectivity index (χ3v) is 6.71. The molecule has 34 heavy (non-hydrogen) atoms. The summed E-state index contributed by atoms with van der Waals surface area (Å²) in [6, 6.07) is 7.74. The lowest BCUT2D eigenvalue weighted by atomic mass is 10.1. The van der Waals surface area contributed by atoms with E-state index in [2.05, 4.69) is 28.2 Å². The normalized spacial score (nSPS) is 11.7. The molecule has 3 rings (SSSR count). The van der Waals surface area contributed by atoms with Crippen LogP contribution in [0.1, 0.15) is 45.2 Å². The van der Waals surface area contributed by atoms with Crippen molar-refractivity contribution in [1.29, 1.82) is 0 Å². The number of allylic oxidation sites excluding steroid dienone is 1. The van der Waals surface area contributed by atoms with E-state index in [1.54, 1.807) is 12.1 Å². The first-order valence-electron chi connectivity index (χ1n) is 10.6. The molecule has 0 spiro atoms. The Morgan fingerprint density at radius 1 is 1.21 bits per heavy atom. The number of hydrogen-bond donors (Lipinski definition) is 1. The number of esters is 1. The minimum atomic E-state index is -0.486. The topological polar surface area (TPSA) is 95.3 Å². The minimum Gasteiger partial charge on any atom is -0.483 e. The molecular formula is C24H28N4O4S2. The highest BCUT2D eigenvalue weighted by Gasteiger charge is 2.21. The van der Waals surface area contributed by atoms with Crippen LogP contribution in [-0.2, 0) is 16.1 Å². The number of aryl methyl sites for hydroxylation is 3. The predicted octanol–water partition coefficient (Wildman–Crippen LogP) is 5.11. The van der Waals surface area contributed by atoms with Crippen LogP contribution < -0.4 is 10.1 Å². The quantitative estimate of drug-likeness (QED) is 0.235. The van der Waals surface area contributed by atoms with Gasteiger partial charge in [0, 0.05) is 11.4 Å². The molecule has 8 nitrogen and oxygen atoms in total. The number of thioether (sulfide) groups is 1. The number of benzene rings is 1. The van der Waals surface area contributed by atoms with Gasteiger partial charge in [0.1, 0.15) is 10.8 Å². The van der Waals surface area contributed by atoms with Crippen LogP contribution in [0.25, 0.3) is 0 Å². The van der Waals surface area contributed by atoms with E-state index in [-0.39, 0.29) is 17.8 Å². The van der Waals surface area contributed by atoms with Gasteiger partial charge in [-0.25, -0.2) is 4.79 Å². The molecule has 1 N–H and O–H groups in total. The zero-order valence-electron chi connectivity index (χ0n) is 19.9. The Morgan fingerprint density at radius 3 is 2.56 bits per heavy atom. The smallest absolute Gasteiger partial charge is 0.340 e. The molecule has 180 valence electrons. The van der Waals surface area contributed by atoms with Gasteiger partial charge in [-0.05, 0) is 57.0 Å². The number of methoxy groups -OCH3 is 1. The summed E-state index contributed by atoms with van der Waals surface area (Å²) in [5.74, 6) is 0.758. The van der Waals surface area contributed by atoms with Crippen molar-refractivity contribution in [3.05, 3.63) is 64.3 Å². The van der Waals surface area contributed by atoms with Crippen molar-refractivity contribution in [2.45, 2.75) is 45.5 Å². The molecule has 1 atom stereocenters. The maximum absolute atomic E-state index is 12.6. The molecule has 2 aromatic heterocycles. The molecule has 1 amide bonds. The van der Waals surface area contributed by atoms with E-state index in [0.29, 0.717) is 28.1 Å². The zero-order chi connectivity index (χ0) is 24.8. The maximum Gasteiger partial charge on any atom is 0.340 e. The van der Waals surface area contributed by atoms with Crippen LogP contribution >= 0.6 is 23.1 Å². The van der Waals surface area contributed by atoms with Crippen LogP contribution in [0.4, 0.5) is 5.00 Å². The molecule has 2 heterocycles. The minimum absolute atomic E-state index is 0.0964. The fraction of sp³-hybridized carbons (Fsp3) is 0.333. The predicted molar refractivity (Wildman–Crippen MR) is 135 cm³/mol.